The van der Waals surface area contributed by atoms with Gasteiger partial charge in [0.15, 0.2) is 11.6 Å². The Kier molecular flexibility index (Phi) is 1.94. The van der Waals surface area contributed by atoms with E-state index in [0.717, 1.165) is 5.56 Å². The molecule has 1 aromatic heterocycles. The van der Waals surface area contributed by atoms with Gasteiger partial charge >= 0.3 is 5.15 Å². The molecule has 48 valence electrons. The van der Waals surface area contributed by atoms with E-state index in [1.54, 1.807) is 12.1 Å². The molecule has 1 rings (SSSR count). The summed E-state index contributed by atoms with van der Waals surface area (Å²) in [7, 11) is 0. The van der Waals surface area contributed by atoms with Gasteiger partial charge in [0.25, 0.3) is 0 Å². The Hall–Kier alpha value is -0.270. The third-order valence-corrected chi connectivity index (χ3v) is 1.32. The number of hydrogen-bond donors (Lipinski definition) is 0. The summed E-state index contributed by atoms with van der Waals surface area (Å²) < 4.78 is 0. The minimum absolute atomic E-state index is 0.472. The maximum atomic E-state index is 5.57. The monoisotopic (exact) mass is 162 g/mol. The minimum atomic E-state index is 0.472. The number of aromatic nitrogens is 1. The van der Waals surface area contributed by atoms with Crippen molar-refractivity contribution in [2.75, 3.05) is 0 Å². The maximum absolute atomic E-state index is 5.57. The number of pyridine rings is 1. The molecule has 0 N–H and O–H groups in total. The Morgan fingerprint density at radius 2 is 2.22 bits per heavy atom. The van der Waals surface area contributed by atoms with Crippen molar-refractivity contribution in [1.82, 2.24) is 4.98 Å². The average Bonchev–Trinajstić information content (AvgIpc) is 1.59. The molecule has 0 bridgehead atoms. The second-order valence-corrected chi connectivity index (χ2v) is 2.61. The number of rotatable bonds is 0. The van der Waals surface area contributed by atoms with Gasteiger partial charge in [-0.3, -0.25) is 0 Å². The molecule has 3 heteroatoms. The molecule has 9 heavy (non-hydrogen) atoms. The number of aryl methyl sites for hydroxylation is 1. The van der Waals surface area contributed by atoms with Gasteiger partial charge in [-0.15, -0.1) is 0 Å². The minimum Gasteiger partial charge on any atom is -0.181 e. The van der Waals surface area contributed by atoms with Crippen LogP contribution in [0.1, 0.15) is 5.56 Å². The Labute approximate surface area is 63.6 Å². The normalized spacial score (nSPS) is 9.67. The van der Waals surface area contributed by atoms with Crippen molar-refractivity contribution in [3.8, 4) is 0 Å². The first-order valence-electron chi connectivity index (χ1n) is 2.50. The lowest BCUT2D eigenvalue weighted by molar-refractivity contribution is -0.296. The topological polar surface area (TPSA) is 12.9 Å². The molecular formula is C6H6Cl2N+. The first-order chi connectivity index (χ1) is 4.18. The lowest BCUT2D eigenvalue weighted by Gasteiger charge is -1.88. The lowest BCUT2D eigenvalue weighted by Crippen LogP contribution is -1.80. The maximum Gasteiger partial charge on any atom is 0.319 e. The van der Waals surface area contributed by atoms with E-state index in [-0.39, 0.29) is 0 Å². The molecule has 1 nitrogen and oxygen atoms in total. The smallest absolute Gasteiger partial charge is 0.181 e. The SMILES string of the molecule is Cc1cc(Cl)nc([ClH+])c1. The van der Waals surface area contributed by atoms with Crippen LogP contribution < -0.4 is 0 Å². The van der Waals surface area contributed by atoms with Crippen molar-refractivity contribution in [2.24, 2.45) is 0 Å². The molecule has 1 heterocycles. The highest BCUT2D eigenvalue weighted by Gasteiger charge is 1.99. The summed E-state index contributed by atoms with van der Waals surface area (Å²) in [6.45, 7) is 1.93. The number of nitrogens with zero attached hydrogens (tertiary/aromatic N) is 1. The summed E-state index contributed by atoms with van der Waals surface area (Å²) >= 11 is 10.4. The van der Waals surface area contributed by atoms with Gasteiger partial charge < -0.3 is 0 Å². The van der Waals surface area contributed by atoms with E-state index in [9.17, 15) is 0 Å². The summed E-state index contributed by atoms with van der Waals surface area (Å²) in [6, 6.07) is 3.58. The van der Waals surface area contributed by atoms with Gasteiger partial charge in [-0.1, -0.05) is 11.6 Å². The van der Waals surface area contributed by atoms with Gasteiger partial charge in [0.05, 0.1) is 0 Å². The molecule has 0 unspecified atom stereocenters. The van der Waals surface area contributed by atoms with Crippen molar-refractivity contribution in [3.05, 3.63) is 28.0 Å². The standard InChI is InChI=1S/C6H6Cl2N/c1-4-2-5(7)9-6(8)3-4/h2-3,7H,1H3/q+1. The molecule has 0 atom stereocenters. The Balaban J connectivity index is 3.17. The second kappa shape index (κ2) is 2.54. The van der Waals surface area contributed by atoms with E-state index in [4.69, 9.17) is 23.2 Å². The second-order valence-electron chi connectivity index (χ2n) is 1.81. The predicted octanol–water partition coefficient (Wildman–Crippen LogP) is 1.74. The molecule has 0 fully saturated rings. The van der Waals surface area contributed by atoms with Crippen LogP contribution in [0, 0.1) is 18.5 Å². The lowest BCUT2D eigenvalue weighted by atomic mass is 10.3. The molecule has 0 amide bonds. The van der Waals surface area contributed by atoms with Gasteiger partial charge in [-0.2, -0.15) is 4.98 Å². The van der Waals surface area contributed by atoms with Crippen LogP contribution in [0.2, 0.25) is 10.3 Å². The average molecular weight is 163 g/mol. The Morgan fingerprint density at radius 3 is 2.67 bits per heavy atom. The highest BCUT2D eigenvalue weighted by atomic mass is 35.5. The van der Waals surface area contributed by atoms with Crippen molar-refractivity contribution in [1.29, 1.82) is 0 Å². The first-order valence-corrected chi connectivity index (χ1v) is 3.28. The number of hydrogen-bond acceptors (Lipinski definition) is 1. The van der Waals surface area contributed by atoms with Gasteiger partial charge in [0.2, 0.25) is 0 Å². The molecular weight excluding hydrogens is 157 g/mol. The summed E-state index contributed by atoms with van der Waals surface area (Å²) in [4.78, 5) is 3.81. The molecule has 1 aromatic rings. The highest BCUT2D eigenvalue weighted by Crippen LogP contribution is 2.09. The van der Waals surface area contributed by atoms with E-state index in [0.29, 0.717) is 10.3 Å². The Bertz CT molecular complexity index is 172. The fraction of sp³-hybridized carbons (Fsp3) is 0.167. The molecule has 0 saturated heterocycles. The van der Waals surface area contributed by atoms with Gasteiger partial charge in [0, 0.05) is 6.07 Å². The summed E-state index contributed by atoms with van der Waals surface area (Å²) in [5.41, 5.74) is 1.06. The molecule has 0 aliphatic rings. The van der Waals surface area contributed by atoms with Crippen molar-refractivity contribution in [2.45, 2.75) is 6.92 Å². The van der Waals surface area contributed by atoms with E-state index < -0.39 is 0 Å². The number of halogens is 2. The van der Waals surface area contributed by atoms with Crippen LogP contribution in [0.25, 0.3) is 0 Å². The molecule has 0 aromatic carbocycles. The quantitative estimate of drug-likeness (QED) is 0.531. The van der Waals surface area contributed by atoms with Crippen LogP contribution >= 0.6 is 11.6 Å². The summed E-state index contributed by atoms with van der Waals surface area (Å²) in [5, 5.41) is 1.03. The van der Waals surface area contributed by atoms with E-state index in [1.165, 1.54) is 0 Å². The van der Waals surface area contributed by atoms with Crippen molar-refractivity contribution in [3.63, 3.8) is 0 Å². The molecule has 0 spiro atoms. The third kappa shape index (κ3) is 1.84. The zero-order chi connectivity index (χ0) is 6.85. The van der Waals surface area contributed by atoms with Gasteiger partial charge in [0.1, 0.15) is 5.15 Å². The van der Waals surface area contributed by atoms with Crippen LogP contribution in [0.3, 0.4) is 0 Å². The van der Waals surface area contributed by atoms with E-state index in [1.807, 2.05) is 6.92 Å². The first kappa shape index (κ1) is 6.84. The van der Waals surface area contributed by atoms with Crippen molar-refractivity contribution < 1.29 is 11.6 Å². The molecule has 0 saturated carbocycles. The molecule has 0 aliphatic heterocycles. The zero-order valence-electron chi connectivity index (χ0n) is 4.89. The molecule has 0 radical (unpaired) electrons. The van der Waals surface area contributed by atoms with Gasteiger partial charge in [-0.05, 0) is 18.6 Å². The van der Waals surface area contributed by atoms with Crippen LogP contribution in [-0.4, -0.2) is 4.98 Å². The van der Waals surface area contributed by atoms with Crippen LogP contribution in [0.4, 0.5) is 0 Å². The van der Waals surface area contributed by atoms with Crippen LogP contribution in [0.5, 0.6) is 0 Å². The fourth-order valence-corrected chi connectivity index (χ4v) is 1.19. The molecule has 0 aliphatic carbocycles. The predicted molar refractivity (Wildman–Crippen MR) is 34.5 cm³/mol. The highest BCUT2D eigenvalue weighted by molar-refractivity contribution is 6.29. The van der Waals surface area contributed by atoms with Crippen LogP contribution in [-0.2, 0) is 0 Å². The fourth-order valence-electron chi connectivity index (χ4n) is 0.594. The summed E-state index contributed by atoms with van der Waals surface area (Å²) in [6.07, 6.45) is 0. The largest absolute Gasteiger partial charge is 0.319 e. The Morgan fingerprint density at radius 1 is 1.56 bits per heavy atom. The van der Waals surface area contributed by atoms with E-state index in [2.05, 4.69) is 4.98 Å². The summed E-state index contributed by atoms with van der Waals surface area (Å²) in [5.74, 6) is 0. The van der Waals surface area contributed by atoms with Crippen molar-refractivity contribution >= 4 is 11.6 Å². The van der Waals surface area contributed by atoms with Crippen LogP contribution in [0.15, 0.2) is 12.1 Å². The zero-order valence-corrected chi connectivity index (χ0v) is 6.46. The van der Waals surface area contributed by atoms with Gasteiger partial charge in [-0.25, -0.2) is 0 Å². The third-order valence-electron chi connectivity index (χ3n) is 0.915. The van der Waals surface area contributed by atoms with E-state index >= 15 is 0 Å².